The average molecular weight is 318 g/mol. The van der Waals surface area contributed by atoms with E-state index in [1.54, 1.807) is 6.21 Å². The lowest BCUT2D eigenvalue weighted by Crippen LogP contribution is -1.90. The van der Waals surface area contributed by atoms with Gasteiger partial charge in [-0.3, -0.25) is 5.43 Å². The summed E-state index contributed by atoms with van der Waals surface area (Å²) in [5.74, 6) is 0. The van der Waals surface area contributed by atoms with Gasteiger partial charge in [-0.15, -0.1) is 0 Å². The van der Waals surface area contributed by atoms with Crippen LogP contribution >= 0.6 is 11.3 Å². The summed E-state index contributed by atoms with van der Waals surface area (Å²) in [7, 11) is 0. The molecule has 0 saturated heterocycles. The maximum Gasteiger partial charge on any atom is 0.205 e. The summed E-state index contributed by atoms with van der Waals surface area (Å²) in [5.41, 5.74) is 6.69. The lowest BCUT2D eigenvalue weighted by Gasteiger charge is -1.98. The van der Waals surface area contributed by atoms with E-state index >= 15 is 0 Å². The molecule has 1 aromatic heterocycles. The number of hydrazone groups is 1. The first kappa shape index (κ1) is 14.9. The van der Waals surface area contributed by atoms with Crippen LogP contribution in [0.15, 0.2) is 59.7 Å². The van der Waals surface area contributed by atoms with Gasteiger partial charge in [-0.2, -0.15) is 10.4 Å². The van der Waals surface area contributed by atoms with Gasteiger partial charge in [0.15, 0.2) is 0 Å². The van der Waals surface area contributed by atoms with E-state index in [9.17, 15) is 5.26 Å². The van der Waals surface area contributed by atoms with E-state index < -0.39 is 0 Å². The molecule has 0 atom stereocenters. The summed E-state index contributed by atoms with van der Waals surface area (Å²) in [6.07, 6.45) is 1.72. The number of nitrogens with one attached hydrogen (secondary N) is 1. The highest BCUT2D eigenvalue weighted by Crippen LogP contribution is 2.30. The number of nitriles is 1. The summed E-state index contributed by atoms with van der Waals surface area (Å²) in [5, 5.41) is 14.1. The second-order valence-corrected chi connectivity index (χ2v) is 5.95. The number of thiazole rings is 1. The van der Waals surface area contributed by atoms with Crippen LogP contribution in [0.25, 0.3) is 11.3 Å². The van der Waals surface area contributed by atoms with Crippen LogP contribution in [0.3, 0.4) is 0 Å². The van der Waals surface area contributed by atoms with Gasteiger partial charge < -0.3 is 0 Å². The number of anilines is 1. The van der Waals surface area contributed by atoms with Gasteiger partial charge in [0.05, 0.1) is 6.21 Å². The van der Waals surface area contributed by atoms with E-state index in [-0.39, 0.29) is 0 Å². The van der Waals surface area contributed by atoms with Crippen LogP contribution in [0.1, 0.15) is 16.0 Å². The van der Waals surface area contributed by atoms with Gasteiger partial charge in [0.2, 0.25) is 5.13 Å². The predicted molar refractivity (Wildman–Crippen MR) is 94.7 cm³/mol. The Morgan fingerprint density at radius 3 is 2.57 bits per heavy atom. The molecule has 0 aliphatic carbocycles. The standard InChI is InChI=1S/C18H14N4S/c1-13-7-9-15(10-8-13)17-16(11-19)23-18(21-17)22-20-12-14-5-3-2-4-6-14/h2-10,12H,1H3,(H,21,22)/b20-12+. The molecule has 23 heavy (non-hydrogen) atoms. The van der Waals surface area contributed by atoms with Crippen LogP contribution in [-0.4, -0.2) is 11.2 Å². The summed E-state index contributed by atoms with van der Waals surface area (Å²) < 4.78 is 0. The fraction of sp³-hybridized carbons (Fsp3) is 0.0556. The van der Waals surface area contributed by atoms with Gasteiger partial charge in [-0.25, -0.2) is 4.98 Å². The lowest BCUT2D eigenvalue weighted by molar-refractivity contribution is 1.28. The Morgan fingerprint density at radius 2 is 1.87 bits per heavy atom. The third kappa shape index (κ3) is 3.62. The quantitative estimate of drug-likeness (QED) is 0.571. The summed E-state index contributed by atoms with van der Waals surface area (Å²) >= 11 is 1.30. The van der Waals surface area contributed by atoms with Gasteiger partial charge >= 0.3 is 0 Å². The lowest BCUT2D eigenvalue weighted by atomic mass is 10.1. The zero-order valence-corrected chi connectivity index (χ0v) is 13.3. The number of benzene rings is 2. The highest BCUT2D eigenvalue weighted by molar-refractivity contribution is 7.16. The first-order valence-electron chi connectivity index (χ1n) is 7.08. The number of hydrogen-bond donors (Lipinski definition) is 1. The molecular weight excluding hydrogens is 304 g/mol. The molecule has 0 aliphatic heterocycles. The summed E-state index contributed by atoms with van der Waals surface area (Å²) in [6.45, 7) is 2.03. The highest BCUT2D eigenvalue weighted by Gasteiger charge is 2.12. The van der Waals surface area contributed by atoms with Gasteiger partial charge in [0.1, 0.15) is 16.6 Å². The minimum Gasteiger partial charge on any atom is -0.253 e. The molecule has 0 radical (unpaired) electrons. The predicted octanol–water partition coefficient (Wildman–Crippen LogP) is 4.44. The Labute approximate surface area is 138 Å². The molecule has 1 N–H and O–H groups in total. The van der Waals surface area contributed by atoms with E-state index in [2.05, 4.69) is 21.6 Å². The van der Waals surface area contributed by atoms with E-state index in [1.807, 2.05) is 61.5 Å². The molecule has 0 aliphatic rings. The molecule has 2 aromatic carbocycles. The van der Waals surface area contributed by atoms with Crippen molar-refractivity contribution >= 4 is 22.7 Å². The molecule has 112 valence electrons. The molecule has 0 bridgehead atoms. The second kappa shape index (κ2) is 6.86. The Kier molecular flexibility index (Phi) is 4.46. The number of aryl methyl sites for hydroxylation is 1. The van der Waals surface area contributed by atoms with Crippen LogP contribution in [0, 0.1) is 18.3 Å². The number of aromatic nitrogens is 1. The molecular formula is C18H14N4S. The first-order chi connectivity index (χ1) is 11.3. The van der Waals surface area contributed by atoms with Crippen molar-refractivity contribution in [3.05, 3.63) is 70.6 Å². The zero-order chi connectivity index (χ0) is 16.1. The minimum absolute atomic E-state index is 0.575. The second-order valence-electron chi connectivity index (χ2n) is 4.96. The van der Waals surface area contributed by atoms with Crippen molar-refractivity contribution in [1.29, 1.82) is 5.26 Å². The molecule has 0 amide bonds. The fourth-order valence-corrected chi connectivity index (χ4v) is 2.79. The van der Waals surface area contributed by atoms with Crippen molar-refractivity contribution in [2.24, 2.45) is 5.10 Å². The van der Waals surface area contributed by atoms with Crippen molar-refractivity contribution in [3.63, 3.8) is 0 Å². The molecule has 1 heterocycles. The molecule has 0 spiro atoms. The average Bonchev–Trinajstić information content (AvgIpc) is 3.00. The smallest absolute Gasteiger partial charge is 0.205 e. The SMILES string of the molecule is Cc1ccc(-c2nc(N/N=C/c3ccccc3)sc2C#N)cc1. The third-order valence-corrected chi connectivity index (χ3v) is 4.09. The maximum absolute atomic E-state index is 9.31. The van der Waals surface area contributed by atoms with Crippen LogP contribution in [0.4, 0.5) is 5.13 Å². The van der Waals surface area contributed by atoms with Crippen molar-refractivity contribution in [3.8, 4) is 17.3 Å². The molecule has 0 unspecified atom stereocenters. The molecule has 0 saturated carbocycles. The van der Waals surface area contributed by atoms with Gasteiger partial charge in [0.25, 0.3) is 0 Å². The topological polar surface area (TPSA) is 61.1 Å². The summed E-state index contributed by atoms with van der Waals surface area (Å²) in [4.78, 5) is 5.06. The van der Waals surface area contributed by atoms with Gasteiger partial charge in [-0.05, 0) is 12.5 Å². The Morgan fingerprint density at radius 1 is 1.13 bits per heavy atom. The molecule has 3 rings (SSSR count). The van der Waals surface area contributed by atoms with Crippen LogP contribution < -0.4 is 5.43 Å². The number of rotatable bonds is 4. The van der Waals surface area contributed by atoms with Gasteiger partial charge in [-0.1, -0.05) is 71.5 Å². The third-order valence-electron chi connectivity index (χ3n) is 3.23. The van der Waals surface area contributed by atoms with Crippen molar-refractivity contribution in [1.82, 2.24) is 4.98 Å². The largest absolute Gasteiger partial charge is 0.253 e. The van der Waals surface area contributed by atoms with Gasteiger partial charge in [0, 0.05) is 5.56 Å². The Hall–Kier alpha value is -2.97. The fourth-order valence-electron chi connectivity index (χ4n) is 2.05. The monoisotopic (exact) mass is 318 g/mol. The van der Waals surface area contributed by atoms with E-state index in [1.165, 1.54) is 16.9 Å². The molecule has 3 aromatic rings. The molecule has 5 heteroatoms. The maximum atomic E-state index is 9.31. The zero-order valence-electron chi connectivity index (χ0n) is 12.5. The van der Waals surface area contributed by atoms with Crippen molar-refractivity contribution < 1.29 is 0 Å². The van der Waals surface area contributed by atoms with E-state index in [4.69, 9.17) is 0 Å². The van der Waals surface area contributed by atoms with Crippen LogP contribution in [0.5, 0.6) is 0 Å². The summed E-state index contributed by atoms with van der Waals surface area (Å²) in [6, 6.07) is 20.0. The normalized spacial score (nSPS) is 10.6. The minimum atomic E-state index is 0.575. The number of nitrogens with zero attached hydrogens (tertiary/aromatic N) is 3. The van der Waals surface area contributed by atoms with Crippen LogP contribution in [-0.2, 0) is 0 Å². The molecule has 4 nitrogen and oxygen atoms in total. The van der Waals surface area contributed by atoms with Crippen molar-refractivity contribution in [2.45, 2.75) is 6.92 Å². The van der Waals surface area contributed by atoms with Crippen LogP contribution in [0.2, 0.25) is 0 Å². The highest BCUT2D eigenvalue weighted by atomic mass is 32.1. The Bertz CT molecular complexity index is 858. The van der Waals surface area contributed by atoms with E-state index in [0.717, 1.165) is 11.1 Å². The molecule has 0 fully saturated rings. The van der Waals surface area contributed by atoms with Crippen molar-refractivity contribution in [2.75, 3.05) is 5.43 Å². The number of hydrogen-bond acceptors (Lipinski definition) is 5. The first-order valence-corrected chi connectivity index (χ1v) is 7.90. The Balaban J connectivity index is 1.81. The van der Waals surface area contributed by atoms with E-state index in [0.29, 0.717) is 15.7 Å².